The van der Waals surface area contributed by atoms with E-state index < -0.39 is 0 Å². The summed E-state index contributed by atoms with van der Waals surface area (Å²) in [5.41, 5.74) is 6.79. The molecule has 0 spiro atoms. The third kappa shape index (κ3) is 3.81. The van der Waals surface area contributed by atoms with Gasteiger partial charge in [-0.2, -0.15) is 5.26 Å². The fourth-order valence-corrected chi connectivity index (χ4v) is 3.18. The third-order valence-corrected chi connectivity index (χ3v) is 4.50. The minimum Gasteiger partial charge on any atom is -0.376 e. The van der Waals surface area contributed by atoms with Gasteiger partial charge in [-0.05, 0) is 51.0 Å². The van der Waals surface area contributed by atoms with Crippen molar-refractivity contribution in [2.24, 2.45) is 11.7 Å². The number of nitrogens with zero attached hydrogens (tertiary/aromatic N) is 2. The first kappa shape index (κ1) is 16.8. The largest absolute Gasteiger partial charge is 0.376 e. The van der Waals surface area contributed by atoms with Crippen molar-refractivity contribution >= 4 is 17.5 Å². The van der Waals surface area contributed by atoms with Crippen molar-refractivity contribution in [2.75, 3.05) is 11.9 Å². The summed E-state index contributed by atoms with van der Waals surface area (Å²) < 4.78 is 0. The minimum absolute atomic E-state index is 0.0553. The van der Waals surface area contributed by atoms with Crippen LogP contribution in [0, 0.1) is 17.2 Å². The van der Waals surface area contributed by atoms with Crippen LogP contribution in [0.4, 0.5) is 5.69 Å². The maximum Gasteiger partial charge on any atom is 0.242 e. The minimum atomic E-state index is -0.345. The van der Waals surface area contributed by atoms with Gasteiger partial charge in [-0.15, -0.1) is 0 Å². The molecule has 0 aliphatic carbocycles. The van der Waals surface area contributed by atoms with Crippen LogP contribution in [-0.4, -0.2) is 35.3 Å². The Labute approximate surface area is 136 Å². The molecule has 122 valence electrons. The van der Waals surface area contributed by atoms with Crippen LogP contribution in [0.25, 0.3) is 0 Å². The van der Waals surface area contributed by atoms with Crippen LogP contribution in [0.3, 0.4) is 0 Å². The van der Waals surface area contributed by atoms with Crippen LogP contribution < -0.4 is 11.1 Å². The lowest BCUT2D eigenvalue weighted by Gasteiger charge is -2.42. The fraction of sp³-hybridized carbons (Fsp3) is 0.471. The Morgan fingerprint density at radius 1 is 1.30 bits per heavy atom. The molecule has 3 unspecified atom stereocenters. The highest BCUT2D eigenvalue weighted by Gasteiger charge is 2.37. The molecule has 3 atom stereocenters. The van der Waals surface area contributed by atoms with Crippen LogP contribution in [-0.2, 0) is 9.59 Å². The number of likely N-dealkylation sites (tertiary alicyclic amines) is 1. The van der Waals surface area contributed by atoms with Gasteiger partial charge in [0.05, 0.1) is 24.1 Å². The highest BCUT2D eigenvalue weighted by molar-refractivity contribution is 5.83. The Kier molecular flexibility index (Phi) is 5.22. The quantitative estimate of drug-likeness (QED) is 0.879. The van der Waals surface area contributed by atoms with Crippen molar-refractivity contribution in [1.82, 2.24) is 4.90 Å². The number of piperidine rings is 1. The SMILES string of the molecule is CC1CCC(C(N)=O)C(C)N1C(=O)CNc1ccc(C#N)cc1. The summed E-state index contributed by atoms with van der Waals surface area (Å²) in [6, 6.07) is 8.88. The Morgan fingerprint density at radius 3 is 2.52 bits per heavy atom. The zero-order chi connectivity index (χ0) is 17.0. The number of rotatable bonds is 4. The summed E-state index contributed by atoms with van der Waals surface area (Å²) in [6.07, 6.45) is 1.51. The number of hydrogen-bond donors (Lipinski definition) is 2. The van der Waals surface area contributed by atoms with E-state index in [1.807, 2.05) is 13.8 Å². The molecule has 1 fully saturated rings. The standard InChI is InChI=1S/C17H22N4O2/c1-11-3-8-15(17(19)23)12(2)21(11)16(22)10-20-14-6-4-13(9-18)5-7-14/h4-7,11-12,15,20H,3,8,10H2,1-2H3,(H2,19,23). The molecule has 6 heteroatoms. The molecule has 23 heavy (non-hydrogen) atoms. The second kappa shape index (κ2) is 7.14. The summed E-state index contributed by atoms with van der Waals surface area (Å²) in [6.45, 7) is 4.02. The first-order valence-electron chi connectivity index (χ1n) is 7.78. The predicted octanol–water partition coefficient (Wildman–Crippen LogP) is 1.47. The number of primary amides is 1. The van der Waals surface area contributed by atoms with Crippen LogP contribution in [0.1, 0.15) is 32.3 Å². The number of amides is 2. The van der Waals surface area contributed by atoms with E-state index in [2.05, 4.69) is 11.4 Å². The summed E-state index contributed by atoms with van der Waals surface area (Å²) in [4.78, 5) is 25.8. The first-order valence-corrected chi connectivity index (χ1v) is 7.78. The normalized spacial score (nSPS) is 23.9. The molecular weight excluding hydrogens is 292 g/mol. The molecule has 1 saturated heterocycles. The fourth-order valence-electron chi connectivity index (χ4n) is 3.18. The van der Waals surface area contributed by atoms with Gasteiger partial charge >= 0.3 is 0 Å². The number of benzene rings is 1. The van der Waals surface area contributed by atoms with Crippen molar-refractivity contribution in [1.29, 1.82) is 5.26 Å². The number of nitriles is 1. The van der Waals surface area contributed by atoms with E-state index in [1.54, 1.807) is 29.2 Å². The summed E-state index contributed by atoms with van der Waals surface area (Å²) in [5.74, 6) is -0.687. The van der Waals surface area contributed by atoms with Gasteiger partial charge in [0.25, 0.3) is 0 Å². The molecular formula is C17H22N4O2. The van der Waals surface area contributed by atoms with Gasteiger partial charge in [0, 0.05) is 17.8 Å². The van der Waals surface area contributed by atoms with Crippen molar-refractivity contribution in [3.05, 3.63) is 29.8 Å². The van der Waals surface area contributed by atoms with E-state index in [4.69, 9.17) is 11.0 Å². The zero-order valence-electron chi connectivity index (χ0n) is 13.5. The Balaban J connectivity index is 2.00. The molecule has 0 radical (unpaired) electrons. The molecule has 1 aliphatic rings. The Hall–Kier alpha value is -2.55. The molecule has 2 rings (SSSR count). The molecule has 6 nitrogen and oxygen atoms in total. The van der Waals surface area contributed by atoms with E-state index >= 15 is 0 Å². The number of nitrogens with two attached hydrogens (primary N) is 1. The summed E-state index contributed by atoms with van der Waals surface area (Å²) >= 11 is 0. The van der Waals surface area contributed by atoms with Crippen LogP contribution in [0.2, 0.25) is 0 Å². The topological polar surface area (TPSA) is 99.2 Å². The maximum absolute atomic E-state index is 12.5. The lowest BCUT2D eigenvalue weighted by Crippen LogP contribution is -2.55. The molecule has 0 saturated carbocycles. The van der Waals surface area contributed by atoms with Crippen LogP contribution in [0.15, 0.2) is 24.3 Å². The molecule has 3 N–H and O–H groups in total. The highest BCUT2D eigenvalue weighted by atomic mass is 16.2. The van der Waals surface area contributed by atoms with Crippen LogP contribution >= 0.6 is 0 Å². The van der Waals surface area contributed by atoms with Crippen LogP contribution in [0.5, 0.6) is 0 Å². The lowest BCUT2D eigenvalue weighted by atomic mass is 9.86. The van der Waals surface area contributed by atoms with Crippen molar-refractivity contribution in [3.63, 3.8) is 0 Å². The van der Waals surface area contributed by atoms with E-state index in [9.17, 15) is 9.59 Å². The second-order valence-electron chi connectivity index (χ2n) is 6.02. The number of hydrogen-bond acceptors (Lipinski definition) is 4. The number of carbonyl (C=O) groups excluding carboxylic acids is 2. The van der Waals surface area contributed by atoms with E-state index in [0.29, 0.717) is 5.56 Å². The molecule has 1 aliphatic heterocycles. The Morgan fingerprint density at radius 2 is 1.96 bits per heavy atom. The van der Waals surface area contributed by atoms with Gasteiger partial charge in [-0.3, -0.25) is 9.59 Å². The van der Waals surface area contributed by atoms with Crippen molar-refractivity contribution < 1.29 is 9.59 Å². The number of carbonyl (C=O) groups is 2. The number of anilines is 1. The molecule has 2 amide bonds. The molecule has 0 bridgehead atoms. The van der Waals surface area contributed by atoms with E-state index in [-0.39, 0.29) is 36.4 Å². The van der Waals surface area contributed by atoms with Gasteiger partial charge in [-0.25, -0.2) is 0 Å². The molecule has 1 heterocycles. The lowest BCUT2D eigenvalue weighted by molar-refractivity contribution is -0.140. The average Bonchev–Trinajstić information content (AvgIpc) is 2.53. The summed E-state index contributed by atoms with van der Waals surface area (Å²) in [5, 5.41) is 11.8. The van der Waals surface area contributed by atoms with Gasteiger partial charge in [0.1, 0.15) is 0 Å². The first-order chi connectivity index (χ1) is 10.9. The van der Waals surface area contributed by atoms with Gasteiger partial charge < -0.3 is 16.0 Å². The van der Waals surface area contributed by atoms with E-state index in [0.717, 1.165) is 18.5 Å². The smallest absolute Gasteiger partial charge is 0.242 e. The van der Waals surface area contributed by atoms with Gasteiger partial charge in [-0.1, -0.05) is 0 Å². The van der Waals surface area contributed by atoms with Crippen molar-refractivity contribution in [3.8, 4) is 6.07 Å². The highest BCUT2D eigenvalue weighted by Crippen LogP contribution is 2.28. The zero-order valence-corrected chi connectivity index (χ0v) is 13.5. The summed E-state index contributed by atoms with van der Waals surface area (Å²) in [7, 11) is 0. The molecule has 1 aromatic carbocycles. The second-order valence-corrected chi connectivity index (χ2v) is 6.02. The van der Waals surface area contributed by atoms with Gasteiger partial charge in [0.15, 0.2) is 0 Å². The average molecular weight is 314 g/mol. The Bertz CT molecular complexity index is 620. The van der Waals surface area contributed by atoms with Gasteiger partial charge in [0.2, 0.25) is 11.8 Å². The predicted molar refractivity (Wildman–Crippen MR) is 87.3 cm³/mol. The van der Waals surface area contributed by atoms with E-state index in [1.165, 1.54) is 0 Å². The molecule has 0 aromatic heterocycles. The third-order valence-electron chi connectivity index (χ3n) is 4.50. The molecule has 1 aromatic rings. The van der Waals surface area contributed by atoms with Crippen molar-refractivity contribution in [2.45, 2.75) is 38.8 Å². The number of nitrogens with one attached hydrogen (secondary N) is 1. The monoisotopic (exact) mass is 314 g/mol. The maximum atomic E-state index is 12.5.